The first-order valence-corrected chi connectivity index (χ1v) is 4.17. The average Bonchev–Trinajstić information content (AvgIpc) is 2.50. The normalized spacial score (nSPS) is 13.4. The maximum absolute atomic E-state index is 4.07. The molecular weight excluding hydrogens is 138 g/mol. The van der Waals surface area contributed by atoms with Crippen LogP contribution in [-0.4, -0.2) is 14.8 Å². The molecule has 0 saturated carbocycles. The number of rotatable bonds is 3. The molecule has 0 aliphatic heterocycles. The summed E-state index contributed by atoms with van der Waals surface area (Å²) in [6, 6.07) is 0. The van der Waals surface area contributed by atoms with E-state index in [0.717, 1.165) is 18.8 Å². The highest BCUT2D eigenvalue weighted by Gasteiger charge is 2.08. The molecule has 0 aliphatic rings. The zero-order valence-corrected chi connectivity index (χ0v) is 7.41. The minimum absolute atomic E-state index is 0.525. The van der Waals surface area contributed by atoms with Gasteiger partial charge in [0.05, 0.1) is 0 Å². The van der Waals surface area contributed by atoms with Crippen molar-refractivity contribution >= 4 is 0 Å². The second-order valence-corrected chi connectivity index (χ2v) is 2.78. The van der Waals surface area contributed by atoms with Crippen LogP contribution in [0.15, 0.2) is 6.33 Å². The standard InChI is InChI=1S/C8H15N3/c1-4-7(3)8-10-9-6-11(8)5-2/h6-7H,4-5H2,1-3H3. The van der Waals surface area contributed by atoms with Gasteiger partial charge < -0.3 is 4.57 Å². The summed E-state index contributed by atoms with van der Waals surface area (Å²) in [7, 11) is 0. The van der Waals surface area contributed by atoms with E-state index in [9.17, 15) is 0 Å². The summed E-state index contributed by atoms with van der Waals surface area (Å²) >= 11 is 0. The fourth-order valence-electron chi connectivity index (χ4n) is 1.07. The Balaban J connectivity index is 2.83. The zero-order chi connectivity index (χ0) is 8.27. The van der Waals surface area contributed by atoms with Gasteiger partial charge in [-0.1, -0.05) is 13.8 Å². The van der Waals surface area contributed by atoms with E-state index >= 15 is 0 Å². The number of nitrogens with zero attached hydrogens (tertiary/aromatic N) is 3. The summed E-state index contributed by atoms with van der Waals surface area (Å²) in [6.45, 7) is 7.41. The highest BCUT2D eigenvalue weighted by molar-refractivity contribution is 4.93. The van der Waals surface area contributed by atoms with Crippen LogP contribution in [0.4, 0.5) is 0 Å². The lowest BCUT2D eigenvalue weighted by atomic mass is 10.1. The number of aromatic nitrogens is 3. The first-order valence-electron chi connectivity index (χ1n) is 4.17. The molecular formula is C8H15N3. The van der Waals surface area contributed by atoms with E-state index in [-0.39, 0.29) is 0 Å². The topological polar surface area (TPSA) is 30.7 Å². The van der Waals surface area contributed by atoms with Crippen LogP contribution in [0, 0.1) is 0 Å². The smallest absolute Gasteiger partial charge is 0.135 e. The molecule has 3 heteroatoms. The molecule has 3 nitrogen and oxygen atoms in total. The van der Waals surface area contributed by atoms with Crippen LogP contribution < -0.4 is 0 Å². The van der Waals surface area contributed by atoms with Gasteiger partial charge in [0.15, 0.2) is 0 Å². The van der Waals surface area contributed by atoms with Gasteiger partial charge in [0, 0.05) is 12.5 Å². The number of hydrogen-bond donors (Lipinski definition) is 0. The Labute approximate surface area is 67.4 Å². The van der Waals surface area contributed by atoms with Gasteiger partial charge in [-0.3, -0.25) is 0 Å². The first kappa shape index (κ1) is 8.24. The van der Waals surface area contributed by atoms with Crippen LogP contribution in [0.5, 0.6) is 0 Å². The fraction of sp³-hybridized carbons (Fsp3) is 0.750. The average molecular weight is 153 g/mol. The van der Waals surface area contributed by atoms with Gasteiger partial charge >= 0.3 is 0 Å². The minimum atomic E-state index is 0.525. The molecule has 0 aromatic carbocycles. The molecule has 0 radical (unpaired) electrons. The minimum Gasteiger partial charge on any atom is -0.318 e. The summed E-state index contributed by atoms with van der Waals surface area (Å²) in [6.07, 6.45) is 2.92. The van der Waals surface area contributed by atoms with E-state index < -0.39 is 0 Å². The molecule has 0 aliphatic carbocycles. The van der Waals surface area contributed by atoms with Crippen LogP contribution in [0.3, 0.4) is 0 Å². The van der Waals surface area contributed by atoms with Gasteiger partial charge in [-0.2, -0.15) is 0 Å². The molecule has 0 saturated heterocycles. The summed E-state index contributed by atoms with van der Waals surface area (Å²) in [5.74, 6) is 1.63. The molecule has 1 rings (SSSR count). The third-order valence-corrected chi connectivity index (χ3v) is 2.04. The zero-order valence-electron chi connectivity index (χ0n) is 7.41. The Hall–Kier alpha value is -0.860. The van der Waals surface area contributed by atoms with Crippen LogP contribution in [0.25, 0.3) is 0 Å². The summed E-state index contributed by atoms with van der Waals surface area (Å²) in [4.78, 5) is 0. The van der Waals surface area contributed by atoms with Crippen molar-refractivity contribution in [2.24, 2.45) is 0 Å². The molecule has 0 amide bonds. The van der Waals surface area contributed by atoms with Crippen molar-refractivity contribution in [2.45, 2.75) is 39.7 Å². The third-order valence-electron chi connectivity index (χ3n) is 2.04. The maximum atomic E-state index is 4.07. The Bertz CT molecular complexity index is 217. The van der Waals surface area contributed by atoms with Gasteiger partial charge in [0.25, 0.3) is 0 Å². The van der Waals surface area contributed by atoms with Crippen molar-refractivity contribution in [2.75, 3.05) is 0 Å². The quantitative estimate of drug-likeness (QED) is 0.663. The Morgan fingerprint density at radius 2 is 2.27 bits per heavy atom. The van der Waals surface area contributed by atoms with Gasteiger partial charge in [-0.15, -0.1) is 10.2 Å². The summed E-state index contributed by atoms with van der Waals surface area (Å²) in [5, 5.41) is 7.95. The monoisotopic (exact) mass is 153 g/mol. The van der Waals surface area contributed by atoms with Gasteiger partial charge in [-0.25, -0.2) is 0 Å². The second-order valence-electron chi connectivity index (χ2n) is 2.78. The molecule has 11 heavy (non-hydrogen) atoms. The largest absolute Gasteiger partial charge is 0.318 e. The van der Waals surface area contributed by atoms with Gasteiger partial charge in [0.2, 0.25) is 0 Å². The number of hydrogen-bond acceptors (Lipinski definition) is 2. The molecule has 1 aromatic heterocycles. The highest BCUT2D eigenvalue weighted by Crippen LogP contribution is 2.14. The fourth-order valence-corrected chi connectivity index (χ4v) is 1.07. The molecule has 0 fully saturated rings. The molecule has 0 spiro atoms. The highest BCUT2D eigenvalue weighted by atomic mass is 15.3. The molecule has 62 valence electrons. The SMILES string of the molecule is CCC(C)c1nncn1CC. The Morgan fingerprint density at radius 1 is 1.55 bits per heavy atom. The Morgan fingerprint density at radius 3 is 2.82 bits per heavy atom. The van der Waals surface area contributed by atoms with Gasteiger partial charge in [-0.05, 0) is 13.3 Å². The number of aryl methyl sites for hydroxylation is 1. The van der Waals surface area contributed by atoms with E-state index in [2.05, 4.69) is 35.5 Å². The lowest BCUT2D eigenvalue weighted by molar-refractivity contribution is 0.607. The van der Waals surface area contributed by atoms with Crippen molar-refractivity contribution in [1.29, 1.82) is 0 Å². The van der Waals surface area contributed by atoms with Gasteiger partial charge in [0.1, 0.15) is 12.2 Å². The second kappa shape index (κ2) is 3.51. The summed E-state index contributed by atoms with van der Waals surface area (Å²) in [5.41, 5.74) is 0. The molecule has 1 atom stereocenters. The van der Waals surface area contributed by atoms with E-state index in [4.69, 9.17) is 0 Å². The van der Waals surface area contributed by atoms with Crippen molar-refractivity contribution in [3.05, 3.63) is 12.2 Å². The molecule has 1 unspecified atom stereocenters. The first-order chi connectivity index (χ1) is 5.29. The van der Waals surface area contributed by atoms with Crippen LogP contribution >= 0.6 is 0 Å². The lowest BCUT2D eigenvalue weighted by Gasteiger charge is -2.07. The van der Waals surface area contributed by atoms with Crippen LogP contribution in [0.2, 0.25) is 0 Å². The van der Waals surface area contributed by atoms with Crippen molar-refractivity contribution in [3.8, 4) is 0 Å². The van der Waals surface area contributed by atoms with Crippen molar-refractivity contribution in [1.82, 2.24) is 14.8 Å². The van der Waals surface area contributed by atoms with Crippen LogP contribution in [0.1, 0.15) is 38.9 Å². The van der Waals surface area contributed by atoms with E-state index in [1.807, 2.05) is 0 Å². The van der Waals surface area contributed by atoms with E-state index in [1.165, 1.54) is 0 Å². The molecule has 0 N–H and O–H groups in total. The van der Waals surface area contributed by atoms with Crippen molar-refractivity contribution < 1.29 is 0 Å². The molecule has 1 heterocycles. The van der Waals surface area contributed by atoms with Crippen molar-refractivity contribution in [3.63, 3.8) is 0 Å². The van der Waals surface area contributed by atoms with E-state index in [0.29, 0.717) is 5.92 Å². The molecule has 1 aromatic rings. The summed E-state index contributed by atoms with van der Waals surface area (Å²) < 4.78 is 2.09. The molecule has 0 bridgehead atoms. The van der Waals surface area contributed by atoms with E-state index in [1.54, 1.807) is 6.33 Å². The third kappa shape index (κ3) is 1.59. The maximum Gasteiger partial charge on any atom is 0.135 e. The van der Waals surface area contributed by atoms with Crippen LogP contribution in [-0.2, 0) is 6.54 Å². The predicted octanol–water partition coefficient (Wildman–Crippen LogP) is 1.81. The lowest BCUT2D eigenvalue weighted by Crippen LogP contribution is -2.04. The predicted molar refractivity (Wildman–Crippen MR) is 44.4 cm³/mol. The Kier molecular flexibility index (Phi) is 2.63.